The molecule has 0 aromatic carbocycles. The molecule has 0 aliphatic heterocycles. The highest BCUT2D eigenvalue weighted by Gasteiger charge is 2.09. The Balaban J connectivity index is 3.59. The highest BCUT2D eigenvalue weighted by atomic mass is 32.2. The number of hydrogen-bond donors (Lipinski definition) is 2. The van der Waals surface area contributed by atoms with Gasteiger partial charge in [0.2, 0.25) is 10.0 Å². The summed E-state index contributed by atoms with van der Waals surface area (Å²) in [6.45, 7) is 9.58. The Morgan fingerprint density at radius 2 is 1.69 bits per heavy atom. The molecule has 0 aliphatic carbocycles. The van der Waals surface area contributed by atoms with Crippen LogP contribution < -0.4 is 10.0 Å². The Morgan fingerprint density at radius 3 is 2.19 bits per heavy atom. The lowest BCUT2D eigenvalue weighted by molar-refractivity contribution is 0.546. The van der Waals surface area contributed by atoms with Gasteiger partial charge in [0.1, 0.15) is 0 Å². The minimum atomic E-state index is -3.06. The van der Waals surface area contributed by atoms with E-state index in [1.165, 1.54) is 0 Å². The van der Waals surface area contributed by atoms with E-state index < -0.39 is 10.0 Å². The first kappa shape index (κ1) is 15.9. The first-order chi connectivity index (χ1) is 7.33. The molecule has 0 aromatic heterocycles. The van der Waals surface area contributed by atoms with E-state index >= 15 is 0 Å². The fourth-order valence-corrected chi connectivity index (χ4v) is 2.49. The number of sulfonamides is 1. The molecular formula is C11H26N2O2S. The molecule has 4 nitrogen and oxygen atoms in total. The van der Waals surface area contributed by atoms with Gasteiger partial charge in [-0.3, -0.25) is 0 Å². The summed E-state index contributed by atoms with van der Waals surface area (Å²) in [5, 5.41) is 3.27. The van der Waals surface area contributed by atoms with Gasteiger partial charge in [-0.25, -0.2) is 13.1 Å². The molecule has 0 aliphatic rings. The van der Waals surface area contributed by atoms with E-state index in [0.29, 0.717) is 24.9 Å². The van der Waals surface area contributed by atoms with Crippen LogP contribution >= 0.6 is 0 Å². The van der Waals surface area contributed by atoms with Crippen LogP contribution in [0.2, 0.25) is 0 Å². The molecule has 2 N–H and O–H groups in total. The molecular weight excluding hydrogens is 224 g/mol. The zero-order chi connectivity index (χ0) is 12.6. The summed E-state index contributed by atoms with van der Waals surface area (Å²) in [6, 6.07) is 0.468. The molecule has 5 heteroatoms. The van der Waals surface area contributed by atoms with Crippen LogP contribution in [0.3, 0.4) is 0 Å². The lowest BCUT2D eigenvalue weighted by Gasteiger charge is -2.09. The van der Waals surface area contributed by atoms with Crippen molar-refractivity contribution in [3.8, 4) is 0 Å². The summed E-state index contributed by atoms with van der Waals surface area (Å²) in [6.07, 6.45) is 1.62. The van der Waals surface area contributed by atoms with Gasteiger partial charge >= 0.3 is 0 Å². The van der Waals surface area contributed by atoms with Crippen molar-refractivity contribution in [2.24, 2.45) is 5.92 Å². The average molecular weight is 250 g/mol. The van der Waals surface area contributed by atoms with E-state index in [4.69, 9.17) is 0 Å². The van der Waals surface area contributed by atoms with Crippen LogP contribution in [0.5, 0.6) is 0 Å². The fourth-order valence-electron chi connectivity index (χ4n) is 1.17. The first-order valence-corrected chi connectivity index (χ1v) is 7.69. The Morgan fingerprint density at radius 1 is 1.06 bits per heavy atom. The summed E-state index contributed by atoms with van der Waals surface area (Å²) in [4.78, 5) is 0. The van der Waals surface area contributed by atoms with E-state index in [9.17, 15) is 8.42 Å². The molecule has 0 radical (unpaired) electrons. The van der Waals surface area contributed by atoms with E-state index in [1.54, 1.807) is 0 Å². The second kappa shape index (κ2) is 8.03. The number of unbranched alkanes of at least 4 members (excludes halogenated alkanes) is 1. The summed E-state index contributed by atoms with van der Waals surface area (Å²) >= 11 is 0. The van der Waals surface area contributed by atoms with Gasteiger partial charge in [-0.05, 0) is 25.3 Å². The lowest BCUT2D eigenvalue weighted by atomic mass is 10.2. The van der Waals surface area contributed by atoms with Crippen LogP contribution in [-0.2, 0) is 10.0 Å². The van der Waals surface area contributed by atoms with E-state index in [-0.39, 0.29) is 5.75 Å². The van der Waals surface area contributed by atoms with Crippen LogP contribution in [0, 0.1) is 5.92 Å². The fraction of sp³-hybridized carbons (Fsp3) is 1.00. The monoisotopic (exact) mass is 250 g/mol. The SMILES string of the molecule is CC(C)CNS(=O)(=O)CCCCNC(C)C. The molecule has 0 bridgehead atoms. The third kappa shape index (κ3) is 10.4. The molecule has 0 heterocycles. The van der Waals surface area contributed by atoms with Gasteiger partial charge in [0.05, 0.1) is 5.75 Å². The Kier molecular flexibility index (Phi) is 7.97. The maximum atomic E-state index is 11.5. The third-order valence-corrected chi connectivity index (χ3v) is 3.54. The van der Waals surface area contributed by atoms with Gasteiger partial charge in [0.15, 0.2) is 0 Å². The van der Waals surface area contributed by atoms with Crippen molar-refractivity contribution in [3.63, 3.8) is 0 Å². The molecule has 0 aromatic rings. The van der Waals surface area contributed by atoms with Crippen LogP contribution in [0.1, 0.15) is 40.5 Å². The molecule has 98 valence electrons. The lowest BCUT2D eigenvalue weighted by Crippen LogP contribution is -2.30. The van der Waals surface area contributed by atoms with Gasteiger partial charge in [-0.2, -0.15) is 0 Å². The highest BCUT2D eigenvalue weighted by Crippen LogP contribution is 1.96. The maximum Gasteiger partial charge on any atom is 0.211 e. The van der Waals surface area contributed by atoms with Crippen molar-refractivity contribution in [2.75, 3.05) is 18.8 Å². The van der Waals surface area contributed by atoms with Crippen molar-refractivity contribution in [1.29, 1.82) is 0 Å². The van der Waals surface area contributed by atoms with Crippen LogP contribution in [0.25, 0.3) is 0 Å². The summed E-state index contributed by atoms with van der Waals surface area (Å²) < 4.78 is 25.6. The summed E-state index contributed by atoms with van der Waals surface area (Å²) in [7, 11) is -3.06. The van der Waals surface area contributed by atoms with Crippen LogP contribution in [-0.4, -0.2) is 33.3 Å². The summed E-state index contributed by atoms with van der Waals surface area (Å²) in [5.74, 6) is 0.594. The van der Waals surface area contributed by atoms with Gasteiger partial charge < -0.3 is 5.32 Å². The van der Waals surface area contributed by atoms with E-state index in [0.717, 1.165) is 13.0 Å². The van der Waals surface area contributed by atoms with Crippen molar-refractivity contribution in [3.05, 3.63) is 0 Å². The van der Waals surface area contributed by atoms with E-state index in [1.807, 2.05) is 13.8 Å². The van der Waals surface area contributed by atoms with Crippen molar-refractivity contribution < 1.29 is 8.42 Å². The Bertz CT molecular complexity index is 261. The minimum absolute atomic E-state index is 0.236. The molecule has 16 heavy (non-hydrogen) atoms. The van der Waals surface area contributed by atoms with Gasteiger partial charge in [-0.15, -0.1) is 0 Å². The number of nitrogens with one attached hydrogen (secondary N) is 2. The van der Waals surface area contributed by atoms with Crippen molar-refractivity contribution >= 4 is 10.0 Å². The third-order valence-electron chi connectivity index (χ3n) is 2.10. The van der Waals surface area contributed by atoms with Crippen molar-refractivity contribution in [1.82, 2.24) is 10.0 Å². The van der Waals surface area contributed by atoms with Crippen molar-refractivity contribution in [2.45, 2.75) is 46.6 Å². The Hall–Kier alpha value is -0.130. The second-order valence-electron chi connectivity index (χ2n) is 4.88. The van der Waals surface area contributed by atoms with Gasteiger partial charge in [0.25, 0.3) is 0 Å². The normalized spacial score (nSPS) is 12.6. The molecule has 0 saturated heterocycles. The molecule has 0 spiro atoms. The minimum Gasteiger partial charge on any atom is -0.315 e. The zero-order valence-corrected chi connectivity index (χ0v) is 11.7. The zero-order valence-electron chi connectivity index (χ0n) is 10.9. The molecule has 0 unspecified atom stereocenters. The number of rotatable bonds is 9. The average Bonchev–Trinajstić information content (AvgIpc) is 2.14. The van der Waals surface area contributed by atoms with Gasteiger partial charge in [0, 0.05) is 12.6 Å². The Labute approximate surface area is 100 Å². The quantitative estimate of drug-likeness (QED) is 0.607. The number of hydrogen-bond acceptors (Lipinski definition) is 3. The predicted octanol–water partition coefficient (Wildman–Crippen LogP) is 1.34. The first-order valence-electron chi connectivity index (χ1n) is 6.04. The smallest absolute Gasteiger partial charge is 0.211 e. The topological polar surface area (TPSA) is 58.2 Å². The highest BCUT2D eigenvalue weighted by molar-refractivity contribution is 7.89. The van der Waals surface area contributed by atoms with Crippen LogP contribution in [0.15, 0.2) is 0 Å². The van der Waals surface area contributed by atoms with Crippen LogP contribution in [0.4, 0.5) is 0 Å². The summed E-state index contributed by atoms with van der Waals surface area (Å²) in [5.41, 5.74) is 0. The van der Waals surface area contributed by atoms with Gasteiger partial charge in [-0.1, -0.05) is 27.7 Å². The molecule has 0 fully saturated rings. The largest absolute Gasteiger partial charge is 0.315 e. The maximum absolute atomic E-state index is 11.5. The molecule has 0 atom stereocenters. The molecule has 0 saturated carbocycles. The molecule has 0 rings (SSSR count). The standard InChI is InChI=1S/C11H26N2O2S/c1-10(2)9-13-16(14,15)8-6-5-7-12-11(3)4/h10-13H,5-9H2,1-4H3. The van der Waals surface area contributed by atoms with E-state index in [2.05, 4.69) is 23.9 Å². The predicted molar refractivity (Wildman–Crippen MR) is 69.0 cm³/mol. The molecule has 0 amide bonds. The second-order valence-corrected chi connectivity index (χ2v) is 6.80.